The highest BCUT2D eigenvalue weighted by molar-refractivity contribution is 7.27. The van der Waals surface area contributed by atoms with Gasteiger partial charge in [-0.15, -0.1) is 11.3 Å². The van der Waals surface area contributed by atoms with Crippen LogP contribution >= 0.6 is 22.7 Å². The Balaban J connectivity index is 2.49. The summed E-state index contributed by atoms with van der Waals surface area (Å²) in [6.45, 7) is 0.454. The Morgan fingerprint density at radius 3 is 3.09 bits per heavy atom. The van der Waals surface area contributed by atoms with Crippen LogP contribution in [0.1, 0.15) is 0 Å². The van der Waals surface area contributed by atoms with E-state index in [0.29, 0.717) is 11.5 Å². The van der Waals surface area contributed by atoms with Gasteiger partial charge in [-0.25, -0.2) is 0 Å². The zero-order valence-corrected chi connectivity index (χ0v) is 7.08. The summed E-state index contributed by atoms with van der Waals surface area (Å²) in [4.78, 5) is 9.96. The smallest absolute Gasteiger partial charge is 0.299 e. The van der Waals surface area contributed by atoms with Gasteiger partial charge in [0.1, 0.15) is 0 Å². The van der Waals surface area contributed by atoms with Crippen molar-refractivity contribution in [2.75, 3.05) is 0 Å². The summed E-state index contributed by atoms with van der Waals surface area (Å²) in [7, 11) is 0. The van der Waals surface area contributed by atoms with E-state index >= 15 is 0 Å². The number of hydrogen-bond acceptors (Lipinski definition) is 4. The fraction of sp³-hybridized carbons (Fsp3) is 0. The molecular weight excluding hydrogens is 180 g/mol. The highest BCUT2D eigenvalue weighted by Crippen LogP contribution is 2.34. The van der Waals surface area contributed by atoms with Crippen molar-refractivity contribution in [3.63, 3.8) is 0 Å². The van der Waals surface area contributed by atoms with Crippen LogP contribution in [0.4, 0.5) is 0 Å². The average molecular weight is 184 g/mol. The van der Waals surface area contributed by atoms with Crippen molar-refractivity contribution in [1.82, 2.24) is 0 Å². The molecule has 0 fully saturated rings. The Morgan fingerprint density at radius 1 is 1.45 bits per heavy atom. The Morgan fingerprint density at radius 2 is 2.36 bits per heavy atom. The lowest BCUT2D eigenvalue weighted by molar-refractivity contribution is -0.120. The molecule has 56 valence electrons. The van der Waals surface area contributed by atoms with Crippen LogP contribution in [0.25, 0.3) is 9.40 Å². The van der Waals surface area contributed by atoms with Gasteiger partial charge in [0.15, 0.2) is 5.06 Å². The van der Waals surface area contributed by atoms with Crippen LogP contribution in [0.5, 0.6) is 5.06 Å². The number of hydrogen-bond donors (Lipinski definition) is 0. The molecule has 0 aromatic carbocycles. The van der Waals surface area contributed by atoms with Crippen LogP contribution in [0.15, 0.2) is 17.5 Å². The van der Waals surface area contributed by atoms with Crippen LogP contribution in [0.3, 0.4) is 0 Å². The van der Waals surface area contributed by atoms with E-state index < -0.39 is 0 Å². The number of thiophene rings is 2. The Kier molecular flexibility index (Phi) is 1.63. The van der Waals surface area contributed by atoms with Crippen molar-refractivity contribution in [1.29, 1.82) is 0 Å². The van der Waals surface area contributed by atoms with Crippen LogP contribution < -0.4 is 4.74 Å². The monoisotopic (exact) mass is 184 g/mol. The molecule has 0 N–H and O–H groups in total. The van der Waals surface area contributed by atoms with Crippen LogP contribution in [0, 0.1) is 0 Å². The van der Waals surface area contributed by atoms with Gasteiger partial charge in [-0.2, -0.15) is 0 Å². The van der Waals surface area contributed by atoms with Crippen LogP contribution in [0.2, 0.25) is 0 Å². The third-order valence-electron chi connectivity index (χ3n) is 1.28. The Bertz CT molecular complexity index is 346. The number of carbonyl (C=O) groups is 1. The predicted molar refractivity (Wildman–Crippen MR) is 46.4 cm³/mol. The molecule has 0 atom stereocenters. The van der Waals surface area contributed by atoms with Gasteiger partial charge in [0.25, 0.3) is 6.47 Å². The summed E-state index contributed by atoms with van der Waals surface area (Å²) in [5.74, 6) is 0. The fourth-order valence-corrected chi connectivity index (χ4v) is 2.77. The molecule has 0 aliphatic heterocycles. The maximum Gasteiger partial charge on any atom is 0.299 e. The van der Waals surface area contributed by atoms with Gasteiger partial charge in [-0.1, -0.05) is 11.3 Å². The van der Waals surface area contributed by atoms with E-state index in [-0.39, 0.29) is 0 Å². The lowest BCUT2D eigenvalue weighted by Crippen LogP contribution is -1.82. The number of ether oxygens (including phenoxy) is 1. The molecule has 0 saturated heterocycles. The standard InChI is InChI=1S/C7H4O2S2/c8-4-9-7-3-6-5(11-7)1-2-10-6/h1-4H. The van der Waals surface area contributed by atoms with Gasteiger partial charge in [0.05, 0.1) is 0 Å². The molecule has 2 aromatic rings. The van der Waals surface area contributed by atoms with Gasteiger partial charge < -0.3 is 4.74 Å². The number of carbonyl (C=O) groups excluding carboxylic acids is 1. The molecule has 2 heterocycles. The molecular formula is C7H4O2S2. The van der Waals surface area contributed by atoms with Crippen molar-refractivity contribution in [3.05, 3.63) is 17.5 Å². The summed E-state index contributed by atoms with van der Waals surface area (Å²) in [5, 5.41) is 2.69. The van der Waals surface area contributed by atoms with Crippen LogP contribution in [-0.2, 0) is 4.79 Å². The number of rotatable bonds is 2. The fourth-order valence-electron chi connectivity index (χ4n) is 0.849. The first-order valence-corrected chi connectivity index (χ1v) is 4.67. The maximum absolute atomic E-state index is 9.96. The Labute approximate surface area is 71.0 Å². The minimum atomic E-state index is 0.454. The summed E-state index contributed by atoms with van der Waals surface area (Å²) in [6.07, 6.45) is 0. The lowest BCUT2D eigenvalue weighted by atomic mass is 10.5. The van der Waals surface area contributed by atoms with E-state index in [1.807, 2.05) is 17.5 Å². The van der Waals surface area contributed by atoms with Crippen molar-refractivity contribution in [2.24, 2.45) is 0 Å². The molecule has 0 aliphatic rings. The molecule has 0 spiro atoms. The molecule has 0 aliphatic carbocycles. The lowest BCUT2D eigenvalue weighted by Gasteiger charge is -1.85. The predicted octanol–water partition coefficient (Wildman–Crippen LogP) is 2.50. The first-order chi connectivity index (χ1) is 5.40. The van der Waals surface area contributed by atoms with Gasteiger partial charge in [0, 0.05) is 15.5 Å². The Hall–Kier alpha value is -0.870. The van der Waals surface area contributed by atoms with Crippen molar-refractivity contribution < 1.29 is 9.53 Å². The average Bonchev–Trinajstić information content (AvgIpc) is 2.46. The topological polar surface area (TPSA) is 26.3 Å². The molecule has 2 rings (SSSR count). The molecule has 0 amide bonds. The zero-order chi connectivity index (χ0) is 7.68. The zero-order valence-electron chi connectivity index (χ0n) is 5.44. The quantitative estimate of drug-likeness (QED) is 0.670. The normalized spacial score (nSPS) is 10.2. The number of fused-ring (bicyclic) bond motifs is 1. The molecule has 4 heteroatoms. The van der Waals surface area contributed by atoms with E-state index in [9.17, 15) is 4.79 Å². The SMILES string of the molecule is O=COc1cc2sccc2s1. The van der Waals surface area contributed by atoms with E-state index in [4.69, 9.17) is 4.74 Å². The van der Waals surface area contributed by atoms with Gasteiger partial charge in [-0.05, 0) is 11.4 Å². The maximum atomic E-state index is 9.96. The molecule has 2 aromatic heterocycles. The third-order valence-corrected chi connectivity index (χ3v) is 3.27. The molecule has 0 unspecified atom stereocenters. The van der Waals surface area contributed by atoms with E-state index in [1.54, 1.807) is 11.3 Å². The van der Waals surface area contributed by atoms with Gasteiger partial charge >= 0.3 is 0 Å². The first kappa shape index (κ1) is 6.82. The second-order valence-corrected chi connectivity index (χ2v) is 3.92. The van der Waals surface area contributed by atoms with E-state index in [0.717, 1.165) is 0 Å². The molecule has 0 radical (unpaired) electrons. The first-order valence-electron chi connectivity index (χ1n) is 2.97. The van der Waals surface area contributed by atoms with Gasteiger partial charge in [0.2, 0.25) is 0 Å². The molecule has 11 heavy (non-hydrogen) atoms. The largest absolute Gasteiger partial charge is 0.418 e. The second kappa shape index (κ2) is 2.64. The highest BCUT2D eigenvalue weighted by atomic mass is 32.1. The van der Waals surface area contributed by atoms with Crippen molar-refractivity contribution in [3.8, 4) is 5.06 Å². The third kappa shape index (κ3) is 1.15. The van der Waals surface area contributed by atoms with Crippen LogP contribution in [-0.4, -0.2) is 6.47 Å². The summed E-state index contributed by atoms with van der Waals surface area (Å²) >= 11 is 3.13. The van der Waals surface area contributed by atoms with Gasteiger partial charge in [-0.3, -0.25) is 4.79 Å². The molecule has 0 bridgehead atoms. The minimum Gasteiger partial charge on any atom is -0.418 e. The highest BCUT2D eigenvalue weighted by Gasteiger charge is 2.01. The van der Waals surface area contributed by atoms with E-state index in [1.165, 1.54) is 20.7 Å². The van der Waals surface area contributed by atoms with Crippen molar-refractivity contribution in [2.45, 2.75) is 0 Å². The minimum absolute atomic E-state index is 0.454. The van der Waals surface area contributed by atoms with Crippen molar-refractivity contribution >= 4 is 38.5 Å². The second-order valence-electron chi connectivity index (χ2n) is 1.93. The summed E-state index contributed by atoms with van der Waals surface area (Å²) in [5.41, 5.74) is 0. The molecule has 0 saturated carbocycles. The molecule has 2 nitrogen and oxygen atoms in total. The van der Waals surface area contributed by atoms with E-state index in [2.05, 4.69) is 0 Å². The summed E-state index contributed by atoms with van der Waals surface area (Å²) < 4.78 is 7.04. The summed E-state index contributed by atoms with van der Waals surface area (Å²) in [6, 6.07) is 3.89.